The largest absolute Gasteiger partial charge is 0.465 e. The molecular weight excluding hydrogens is 258 g/mol. The molecule has 0 bridgehead atoms. The van der Waals surface area contributed by atoms with Crippen LogP contribution in [0.2, 0.25) is 0 Å². The average Bonchev–Trinajstić information content (AvgIpc) is 2.42. The number of amides is 1. The van der Waals surface area contributed by atoms with Crippen LogP contribution in [0.4, 0.5) is 4.79 Å². The summed E-state index contributed by atoms with van der Waals surface area (Å²) in [6.07, 6.45) is -0.694. The molecule has 0 aliphatic heterocycles. The molecule has 0 radical (unpaired) electrons. The smallest absolute Gasteiger partial charge is 0.407 e. The van der Waals surface area contributed by atoms with Gasteiger partial charge in [0.05, 0.1) is 12.7 Å². The van der Waals surface area contributed by atoms with Crippen LogP contribution in [0.15, 0.2) is 30.3 Å². The lowest BCUT2D eigenvalue weighted by Crippen LogP contribution is -2.48. The molecule has 5 heteroatoms. The van der Waals surface area contributed by atoms with Crippen LogP contribution in [0.25, 0.3) is 0 Å². The summed E-state index contributed by atoms with van der Waals surface area (Å²) in [5.41, 5.74) is 0.192. The van der Waals surface area contributed by atoms with E-state index in [1.54, 1.807) is 13.8 Å². The van der Waals surface area contributed by atoms with Crippen LogP contribution < -0.4 is 0 Å². The number of β-amino-alcohol motifs (C(OH)–C–C–N with tert-alkyl or cyclic N) is 1. The van der Waals surface area contributed by atoms with E-state index in [0.717, 1.165) is 5.56 Å². The highest BCUT2D eigenvalue weighted by Crippen LogP contribution is 2.26. The first-order valence-corrected chi connectivity index (χ1v) is 6.73. The highest BCUT2D eigenvalue weighted by molar-refractivity contribution is 5.66. The van der Waals surface area contributed by atoms with Crippen molar-refractivity contribution in [2.45, 2.75) is 38.3 Å². The van der Waals surface area contributed by atoms with E-state index in [2.05, 4.69) is 0 Å². The summed E-state index contributed by atoms with van der Waals surface area (Å²) in [6.45, 7) is 3.46. The van der Waals surface area contributed by atoms with Gasteiger partial charge in [0.25, 0.3) is 0 Å². The van der Waals surface area contributed by atoms with E-state index in [4.69, 9.17) is 5.11 Å². The summed E-state index contributed by atoms with van der Waals surface area (Å²) < 4.78 is 0. The number of hydrogen-bond acceptors (Lipinski definition) is 3. The van der Waals surface area contributed by atoms with E-state index in [0.29, 0.717) is 12.8 Å². The van der Waals surface area contributed by atoms with E-state index in [1.165, 1.54) is 4.90 Å². The summed E-state index contributed by atoms with van der Waals surface area (Å²) in [6, 6.07) is 9.30. The topological polar surface area (TPSA) is 81.0 Å². The van der Waals surface area contributed by atoms with E-state index in [-0.39, 0.29) is 13.2 Å². The highest BCUT2D eigenvalue weighted by Gasteiger charge is 2.30. The molecule has 0 aliphatic carbocycles. The molecule has 20 heavy (non-hydrogen) atoms. The molecule has 5 nitrogen and oxygen atoms in total. The van der Waals surface area contributed by atoms with Gasteiger partial charge in [0.2, 0.25) is 0 Å². The third-order valence-corrected chi connectivity index (χ3v) is 3.50. The lowest BCUT2D eigenvalue weighted by molar-refractivity contribution is 0.0618. The van der Waals surface area contributed by atoms with Crippen LogP contribution in [0.1, 0.15) is 38.4 Å². The Morgan fingerprint density at radius 1 is 1.30 bits per heavy atom. The molecular formula is C15H23NO4. The maximum absolute atomic E-state index is 11.2. The standard InChI is InChI=1S/C15H23NO4/c1-15(2,16(10-11-17)14(19)20)9-8-13(18)12-6-4-3-5-7-12/h3-7,13,17-18H,8-11H2,1-2H3,(H,19,20). The number of carbonyl (C=O) groups is 1. The van der Waals surface area contributed by atoms with Crippen LogP contribution in [0.5, 0.6) is 0 Å². The Balaban J connectivity index is 2.64. The SMILES string of the molecule is CC(C)(CCC(O)c1ccccc1)N(CCO)C(=O)O. The van der Waals surface area contributed by atoms with Crippen molar-refractivity contribution in [1.82, 2.24) is 4.90 Å². The zero-order chi connectivity index (χ0) is 15.2. The average molecular weight is 281 g/mol. The van der Waals surface area contributed by atoms with Gasteiger partial charge in [-0.15, -0.1) is 0 Å². The maximum atomic E-state index is 11.2. The molecule has 0 fully saturated rings. The van der Waals surface area contributed by atoms with Gasteiger partial charge in [-0.1, -0.05) is 30.3 Å². The highest BCUT2D eigenvalue weighted by atomic mass is 16.4. The fourth-order valence-electron chi connectivity index (χ4n) is 2.22. The minimum absolute atomic E-state index is 0.0732. The van der Waals surface area contributed by atoms with Crippen molar-refractivity contribution in [1.29, 1.82) is 0 Å². The molecule has 112 valence electrons. The number of rotatable bonds is 7. The minimum Gasteiger partial charge on any atom is -0.465 e. The van der Waals surface area contributed by atoms with Crippen LogP contribution in [-0.4, -0.2) is 45.0 Å². The maximum Gasteiger partial charge on any atom is 0.407 e. The van der Waals surface area contributed by atoms with E-state index < -0.39 is 17.7 Å². The summed E-state index contributed by atoms with van der Waals surface area (Å²) >= 11 is 0. The summed E-state index contributed by atoms with van der Waals surface area (Å²) in [7, 11) is 0. The Hall–Kier alpha value is -1.59. The molecule has 0 heterocycles. The Labute approximate surface area is 119 Å². The molecule has 0 aliphatic rings. The zero-order valence-corrected chi connectivity index (χ0v) is 12.0. The van der Waals surface area contributed by atoms with Crippen LogP contribution in [0, 0.1) is 0 Å². The number of benzene rings is 1. The zero-order valence-electron chi connectivity index (χ0n) is 12.0. The molecule has 0 saturated carbocycles. The fraction of sp³-hybridized carbons (Fsp3) is 0.533. The number of aliphatic hydroxyl groups excluding tert-OH is 2. The molecule has 1 rings (SSSR count). The van der Waals surface area contributed by atoms with Gasteiger partial charge in [0.15, 0.2) is 0 Å². The normalized spacial score (nSPS) is 13.0. The predicted octanol–water partition coefficient (Wildman–Crippen LogP) is 2.25. The van der Waals surface area contributed by atoms with Gasteiger partial charge in [-0.3, -0.25) is 0 Å². The van der Waals surface area contributed by atoms with E-state index in [9.17, 15) is 15.0 Å². The van der Waals surface area contributed by atoms with Crippen molar-refractivity contribution in [3.63, 3.8) is 0 Å². The van der Waals surface area contributed by atoms with Gasteiger partial charge in [-0.05, 0) is 32.3 Å². The fourth-order valence-corrected chi connectivity index (χ4v) is 2.22. The van der Waals surface area contributed by atoms with E-state index in [1.807, 2.05) is 30.3 Å². The summed E-state index contributed by atoms with van der Waals surface area (Å²) in [5.74, 6) is 0. The van der Waals surface area contributed by atoms with Gasteiger partial charge in [0.1, 0.15) is 0 Å². The molecule has 0 aromatic heterocycles. The Morgan fingerprint density at radius 3 is 2.40 bits per heavy atom. The summed E-state index contributed by atoms with van der Waals surface area (Å²) in [4.78, 5) is 12.4. The molecule has 1 atom stereocenters. The predicted molar refractivity (Wildman–Crippen MR) is 76.5 cm³/mol. The Morgan fingerprint density at radius 2 is 1.90 bits per heavy atom. The molecule has 1 aromatic carbocycles. The van der Waals surface area contributed by atoms with Gasteiger partial charge >= 0.3 is 6.09 Å². The number of hydrogen-bond donors (Lipinski definition) is 3. The molecule has 0 saturated heterocycles. The van der Waals surface area contributed by atoms with Gasteiger partial charge < -0.3 is 20.2 Å². The van der Waals surface area contributed by atoms with Crippen LogP contribution >= 0.6 is 0 Å². The van der Waals surface area contributed by atoms with Crippen molar-refractivity contribution in [2.75, 3.05) is 13.2 Å². The second-order valence-corrected chi connectivity index (χ2v) is 5.44. The quantitative estimate of drug-likeness (QED) is 0.716. The van der Waals surface area contributed by atoms with Crippen molar-refractivity contribution >= 4 is 6.09 Å². The second-order valence-electron chi connectivity index (χ2n) is 5.44. The second kappa shape index (κ2) is 7.26. The molecule has 1 aromatic rings. The van der Waals surface area contributed by atoms with Crippen molar-refractivity contribution < 1.29 is 20.1 Å². The van der Waals surface area contributed by atoms with Gasteiger partial charge in [0, 0.05) is 12.1 Å². The number of nitrogens with zero attached hydrogens (tertiary/aromatic N) is 1. The van der Waals surface area contributed by atoms with Crippen LogP contribution in [0.3, 0.4) is 0 Å². The number of aliphatic hydroxyl groups is 2. The first-order valence-electron chi connectivity index (χ1n) is 6.73. The molecule has 3 N–H and O–H groups in total. The lowest BCUT2D eigenvalue weighted by atomic mass is 9.92. The third kappa shape index (κ3) is 4.51. The van der Waals surface area contributed by atoms with Crippen molar-refractivity contribution in [2.24, 2.45) is 0 Å². The first-order chi connectivity index (χ1) is 9.38. The number of carboxylic acid groups (broad SMARTS) is 1. The third-order valence-electron chi connectivity index (χ3n) is 3.50. The van der Waals surface area contributed by atoms with E-state index >= 15 is 0 Å². The Kier molecular flexibility index (Phi) is 5.98. The monoisotopic (exact) mass is 281 g/mol. The first kappa shape index (κ1) is 16.5. The van der Waals surface area contributed by atoms with Gasteiger partial charge in [-0.2, -0.15) is 0 Å². The molecule has 1 amide bonds. The Bertz CT molecular complexity index is 419. The minimum atomic E-state index is -1.06. The molecule has 0 spiro atoms. The van der Waals surface area contributed by atoms with Crippen molar-refractivity contribution in [3.05, 3.63) is 35.9 Å². The summed E-state index contributed by atoms with van der Waals surface area (Å²) in [5, 5.41) is 28.2. The van der Waals surface area contributed by atoms with Gasteiger partial charge in [-0.25, -0.2) is 4.79 Å². The van der Waals surface area contributed by atoms with Crippen molar-refractivity contribution in [3.8, 4) is 0 Å². The molecule has 1 unspecified atom stereocenters. The van der Waals surface area contributed by atoms with Crippen LogP contribution in [-0.2, 0) is 0 Å². The lowest BCUT2D eigenvalue weighted by Gasteiger charge is -2.36.